The van der Waals surface area contributed by atoms with Crippen LogP contribution in [0.3, 0.4) is 0 Å². The predicted molar refractivity (Wildman–Crippen MR) is 77.3 cm³/mol. The van der Waals surface area contributed by atoms with Gasteiger partial charge in [0.15, 0.2) is 0 Å². The Bertz CT molecular complexity index is 447. The highest BCUT2D eigenvalue weighted by Gasteiger charge is 2.32. The molecule has 1 N–H and O–H groups in total. The maximum atomic E-state index is 3.38. The topological polar surface area (TPSA) is 18.5 Å². The molecule has 1 aliphatic carbocycles. The first kappa shape index (κ1) is 11.9. The predicted octanol–water partition coefficient (Wildman–Crippen LogP) is 1.26. The zero-order valence-corrected chi connectivity index (χ0v) is 11.5. The molecule has 2 fully saturated rings. The first-order valence-electron chi connectivity index (χ1n) is 7.68. The van der Waals surface area contributed by atoms with Crippen LogP contribution in [0.1, 0.15) is 23.6 Å². The number of nitrogens with zero attached hydrogens (tertiary/aromatic N) is 2. The molecule has 2 saturated heterocycles. The van der Waals surface area contributed by atoms with Crippen molar-refractivity contribution in [2.24, 2.45) is 0 Å². The molecule has 0 amide bonds. The molecule has 0 aromatic heterocycles. The minimum absolute atomic E-state index is 0.692. The lowest BCUT2D eigenvalue weighted by Crippen LogP contribution is -2.61. The number of benzene rings is 1. The van der Waals surface area contributed by atoms with E-state index in [4.69, 9.17) is 0 Å². The molecule has 1 unspecified atom stereocenters. The Morgan fingerprint density at radius 3 is 2.42 bits per heavy atom. The fourth-order valence-corrected chi connectivity index (χ4v) is 3.86. The monoisotopic (exact) mass is 257 g/mol. The molecule has 1 aromatic rings. The van der Waals surface area contributed by atoms with E-state index in [-0.39, 0.29) is 0 Å². The van der Waals surface area contributed by atoms with Crippen molar-refractivity contribution >= 4 is 0 Å². The minimum Gasteiger partial charge on any atom is -0.314 e. The summed E-state index contributed by atoms with van der Waals surface area (Å²) >= 11 is 0. The first-order valence-corrected chi connectivity index (χ1v) is 7.68. The van der Waals surface area contributed by atoms with E-state index in [2.05, 4.69) is 39.4 Å². The summed E-state index contributed by atoms with van der Waals surface area (Å²) in [6, 6.07) is 10.5. The number of nitrogens with one attached hydrogen (secondary N) is 1. The van der Waals surface area contributed by atoms with Gasteiger partial charge in [0, 0.05) is 51.4 Å². The average Bonchev–Trinajstić information content (AvgIpc) is 2.82. The first-order chi connectivity index (χ1) is 9.42. The average molecular weight is 257 g/mol. The highest BCUT2D eigenvalue weighted by Crippen LogP contribution is 2.36. The molecule has 0 saturated carbocycles. The van der Waals surface area contributed by atoms with Gasteiger partial charge in [0.2, 0.25) is 0 Å². The van der Waals surface area contributed by atoms with Crippen molar-refractivity contribution in [3.8, 4) is 0 Å². The van der Waals surface area contributed by atoms with Crippen molar-refractivity contribution in [1.82, 2.24) is 15.1 Å². The van der Waals surface area contributed by atoms with E-state index < -0.39 is 0 Å². The lowest BCUT2D eigenvalue weighted by atomic mass is 10.0. The van der Waals surface area contributed by atoms with Crippen molar-refractivity contribution in [2.75, 3.05) is 39.3 Å². The van der Waals surface area contributed by atoms with Crippen LogP contribution in [0.15, 0.2) is 24.3 Å². The van der Waals surface area contributed by atoms with E-state index in [9.17, 15) is 0 Å². The van der Waals surface area contributed by atoms with Crippen LogP contribution >= 0.6 is 0 Å². The van der Waals surface area contributed by atoms with Crippen molar-refractivity contribution in [3.63, 3.8) is 0 Å². The summed E-state index contributed by atoms with van der Waals surface area (Å²) in [6.07, 6.45) is 2.60. The van der Waals surface area contributed by atoms with Crippen LogP contribution in [0.2, 0.25) is 0 Å². The maximum absolute atomic E-state index is 3.38. The number of piperazine rings is 1. The van der Waals surface area contributed by atoms with Crippen LogP contribution in [0.25, 0.3) is 0 Å². The van der Waals surface area contributed by atoms with E-state index in [1.54, 1.807) is 11.1 Å². The Morgan fingerprint density at radius 2 is 1.68 bits per heavy atom. The fourth-order valence-electron chi connectivity index (χ4n) is 3.86. The third-order valence-corrected chi connectivity index (χ3v) is 5.17. The largest absolute Gasteiger partial charge is 0.314 e. The molecule has 102 valence electrons. The van der Waals surface area contributed by atoms with Gasteiger partial charge in [0.25, 0.3) is 0 Å². The Hall–Kier alpha value is -0.900. The summed E-state index contributed by atoms with van der Waals surface area (Å²) in [5.41, 5.74) is 3.18. The fraction of sp³-hybridized carbons (Fsp3) is 0.625. The molecule has 19 heavy (non-hydrogen) atoms. The molecule has 4 rings (SSSR count). The second-order valence-electron chi connectivity index (χ2n) is 6.14. The number of hydrogen-bond acceptors (Lipinski definition) is 3. The van der Waals surface area contributed by atoms with Gasteiger partial charge in [-0.25, -0.2) is 0 Å². The molecule has 2 aliphatic heterocycles. The Labute approximate surface area is 115 Å². The molecule has 3 heteroatoms. The zero-order chi connectivity index (χ0) is 12.7. The van der Waals surface area contributed by atoms with Gasteiger partial charge < -0.3 is 5.32 Å². The Balaban J connectivity index is 1.42. The lowest BCUT2D eigenvalue weighted by Gasteiger charge is -2.44. The van der Waals surface area contributed by atoms with Gasteiger partial charge in [0.1, 0.15) is 0 Å². The maximum Gasteiger partial charge on any atom is 0.0355 e. The third kappa shape index (κ3) is 2.10. The summed E-state index contributed by atoms with van der Waals surface area (Å²) < 4.78 is 0. The molecule has 0 spiro atoms. The summed E-state index contributed by atoms with van der Waals surface area (Å²) in [4.78, 5) is 5.39. The van der Waals surface area contributed by atoms with Crippen LogP contribution in [-0.2, 0) is 6.42 Å². The number of aryl methyl sites for hydroxylation is 1. The van der Waals surface area contributed by atoms with Crippen LogP contribution < -0.4 is 5.32 Å². The van der Waals surface area contributed by atoms with Gasteiger partial charge in [0.05, 0.1) is 0 Å². The standard InChI is InChI=1S/C16H23N3/c1-2-4-15-13(3-1)5-6-16(15)19-9-7-18(8-10-19)14-11-17-12-14/h1-4,14,16-17H,5-12H2. The van der Waals surface area contributed by atoms with Gasteiger partial charge in [-0.2, -0.15) is 0 Å². The van der Waals surface area contributed by atoms with Crippen molar-refractivity contribution < 1.29 is 0 Å². The highest BCUT2D eigenvalue weighted by atomic mass is 15.3. The molecular weight excluding hydrogens is 234 g/mol. The summed E-state index contributed by atoms with van der Waals surface area (Å²) in [5.74, 6) is 0. The van der Waals surface area contributed by atoms with Crippen LogP contribution in [-0.4, -0.2) is 55.1 Å². The van der Waals surface area contributed by atoms with Gasteiger partial charge in [-0.3, -0.25) is 9.80 Å². The Kier molecular flexibility index (Phi) is 3.06. The summed E-state index contributed by atoms with van der Waals surface area (Å²) in [6.45, 7) is 7.40. The van der Waals surface area contributed by atoms with E-state index in [0.717, 1.165) is 6.04 Å². The number of rotatable bonds is 2. The lowest BCUT2D eigenvalue weighted by molar-refractivity contribution is 0.0515. The molecule has 0 bridgehead atoms. The van der Waals surface area contributed by atoms with Crippen molar-refractivity contribution in [2.45, 2.75) is 24.9 Å². The van der Waals surface area contributed by atoms with Crippen LogP contribution in [0, 0.1) is 0 Å². The second kappa shape index (κ2) is 4.89. The van der Waals surface area contributed by atoms with Gasteiger partial charge in [-0.05, 0) is 24.0 Å². The van der Waals surface area contributed by atoms with Crippen molar-refractivity contribution in [3.05, 3.63) is 35.4 Å². The molecule has 3 nitrogen and oxygen atoms in total. The summed E-state index contributed by atoms with van der Waals surface area (Å²) in [5, 5.41) is 3.38. The minimum atomic E-state index is 0.692. The molecule has 2 heterocycles. The second-order valence-corrected chi connectivity index (χ2v) is 6.14. The number of fused-ring (bicyclic) bond motifs is 1. The summed E-state index contributed by atoms with van der Waals surface area (Å²) in [7, 11) is 0. The van der Waals surface area contributed by atoms with E-state index in [1.807, 2.05) is 0 Å². The number of hydrogen-bond donors (Lipinski definition) is 1. The molecular formula is C16H23N3. The molecule has 1 aromatic carbocycles. The normalized spacial score (nSPS) is 29.2. The van der Waals surface area contributed by atoms with Gasteiger partial charge >= 0.3 is 0 Å². The highest BCUT2D eigenvalue weighted by molar-refractivity contribution is 5.34. The zero-order valence-electron chi connectivity index (χ0n) is 11.5. The van der Waals surface area contributed by atoms with Crippen LogP contribution in [0.5, 0.6) is 0 Å². The van der Waals surface area contributed by atoms with E-state index >= 15 is 0 Å². The third-order valence-electron chi connectivity index (χ3n) is 5.17. The SMILES string of the molecule is c1ccc2c(c1)CCC2N1CCN(C2CNC2)CC1. The molecule has 0 radical (unpaired) electrons. The van der Waals surface area contributed by atoms with E-state index in [0.29, 0.717) is 6.04 Å². The van der Waals surface area contributed by atoms with Crippen LogP contribution in [0.4, 0.5) is 0 Å². The van der Waals surface area contributed by atoms with E-state index in [1.165, 1.54) is 52.1 Å². The molecule has 3 aliphatic rings. The van der Waals surface area contributed by atoms with Crippen molar-refractivity contribution in [1.29, 1.82) is 0 Å². The molecule has 1 atom stereocenters. The van der Waals surface area contributed by atoms with Gasteiger partial charge in [-0.1, -0.05) is 24.3 Å². The quantitative estimate of drug-likeness (QED) is 0.860. The smallest absolute Gasteiger partial charge is 0.0355 e. The Morgan fingerprint density at radius 1 is 0.947 bits per heavy atom. The van der Waals surface area contributed by atoms with Gasteiger partial charge in [-0.15, -0.1) is 0 Å².